The summed E-state index contributed by atoms with van der Waals surface area (Å²) in [5.41, 5.74) is 1.46. The van der Waals surface area contributed by atoms with E-state index in [1.54, 1.807) is 0 Å². The smallest absolute Gasteiger partial charge is 0.276 e. The van der Waals surface area contributed by atoms with Crippen LogP contribution in [0, 0.1) is 18.8 Å². The lowest BCUT2D eigenvalue weighted by molar-refractivity contribution is 0.0616. The van der Waals surface area contributed by atoms with E-state index in [0.29, 0.717) is 23.6 Å². The topological polar surface area (TPSA) is 63.1 Å². The van der Waals surface area contributed by atoms with Crippen LogP contribution in [-0.4, -0.2) is 52.0 Å². The molecule has 0 saturated carbocycles. The van der Waals surface area contributed by atoms with E-state index in [9.17, 15) is 4.79 Å². The first kappa shape index (κ1) is 15.5. The average Bonchev–Trinajstić information content (AvgIpc) is 2.88. The highest BCUT2D eigenvalue weighted by Gasteiger charge is 2.30. The molecule has 1 aromatic heterocycles. The maximum atomic E-state index is 12.8. The molecule has 6 nitrogen and oxygen atoms in total. The Hall–Kier alpha value is -1.43. The van der Waals surface area contributed by atoms with Crippen LogP contribution < -0.4 is 5.32 Å². The highest BCUT2D eigenvalue weighted by Crippen LogP contribution is 2.24. The van der Waals surface area contributed by atoms with Crippen molar-refractivity contribution in [3.63, 3.8) is 0 Å². The Morgan fingerprint density at radius 1 is 1.18 bits per heavy atom. The second kappa shape index (κ2) is 6.36. The zero-order valence-corrected chi connectivity index (χ0v) is 13.9. The Morgan fingerprint density at radius 2 is 1.82 bits per heavy atom. The number of amides is 1. The number of hydrogen-bond acceptors (Lipinski definition) is 4. The average molecular weight is 305 g/mol. The van der Waals surface area contributed by atoms with Gasteiger partial charge in [-0.2, -0.15) is 0 Å². The van der Waals surface area contributed by atoms with E-state index in [1.807, 2.05) is 16.5 Å². The highest BCUT2D eigenvalue weighted by atomic mass is 16.2. The fraction of sp³-hybridized carbons (Fsp3) is 0.812. The van der Waals surface area contributed by atoms with Crippen LogP contribution in [0.4, 0.5) is 0 Å². The lowest BCUT2D eigenvalue weighted by Crippen LogP contribution is -2.43. The number of hydrogen-bond donors (Lipinski definition) is 1. The molecule has 122 valence electrons. The molecule has 0 unspecified atom stereocenters. The molecule has 3 heterocycles. The monoisotopic (exact) mass is 305 g/mol. The van der Waals surface area contributed by atoms with Gasteiger partial charge < -0.3 is 10.2 Å². The first-order chi connectivity index (χ1) is 10.6. The summed E-state index contributed by atoms with van der Waals surface area (Å²) in [7, 11) is 0. The molecule has 0 aliphatic carbocycles. The Morgan fingerprint density at radius 3 is 2.45 bits per heavy atom. The van der Waals surface area contributed by atoms with Crippen LogP contribution in [0.1, 0.15) is 55.3 Å². The molecule has 1 aromatic rings. The SMILES string of the molecule is Cc1c(C(=O)N2C[C@@H](C)C[C@H](C)C2)nnn1C1CCNCC1. The molecular formula is C16H27N5O. The number of rotatable bonds is 2. The van der Waals surface area contributed by atoms with Crippen LogP contribution in [-0.2, 0) is 0 Å². The van der Waals surface area contributed by atoms with Gasteiger partial charge in [0.25, 0.3) is 5.91 Å². The third-order valence-corrected chi connectivity index (χ3v) is 4.94. The highest BCUT2D eigenvalue weighted by molar-refractivity contribution is 5.93. The minimum atomic E-state index is 0.0519. The maximum Gasteiger partial charge on any atom is 0.276 e. The summed E-state index contributed by atoms with van der Waals surface area (Å²) in [6, 6.07) is 0.370. The second-order valence-electron chi connectivity index (χ2n) is 7.11. The first-order valence-electron chi connectivity index (χ1n) is 8.48. The van der Waals surface area contributed by atoms with Crippen LogP contribution in [0.25, 0.3) is 0 Å². The number of aromatic nitrogens is 3. The summed E-state index contributed by atoms with van der Waals surface area (Å²) in [6.07, 6.45) is 3.30. The molecular weight excluding hydrogens is 278 g/mol. The summed E-state index contributed by atoms with van der Waals surface area (Å²) in [4.78, 5) is 14.8. The van der Waals surface area contributed by atoms with Gasteiger partial charge in [0.15, 0.2) is 5.69 Å². The zero-order chi connectivity index (χ0) is 15.7. The summed E-state index contributed by atoms with van der Waals surface area (Å²) in [5.74, 6) is 1.18. The molecule has 2 aliphatic heterocycles. The molecule has 0 bridgehead atoms. The van der Waals surface area contributed by atoms with Crippen LogP contribution in [0.2, 0.25) is 0 Å². The largest absolute Gasteiger partial charge is 0.337 e. The molecule has 1 amide bonds. The molecule has 0 radical (unpaired) electrons. The van der Waals surface area contributed by atoms with E-state index >= 15 is 0 Å². The van der Waals surface area contributed by atoms with Crippen molar-refractivity contribution in [2.24, 2.45) is 11.8 Å². The third kappa shape index (κ3) is 3.02. The van der Waals surface area contributed by atoms with Gasteiger partial charge in [-0.3, -0.25) is 4.79 Å². The van der Waals surface area contributed by atoms with E-state index in [1.165, 1.54) is 6.42 Å². The standard InChI is InChI=1S/C16H27N5O/c1-11-8-12(2)10-20(9-11)16(22)15-13(3)21(19-18-15)14-4-6-17-7-5-14/h11-12,14,17H,4-10H2,1-3H3/t11-,12-/m0/s1. The van der Waals surface area contributed by atoms with E-state index in [4.69, 9.17) is 0 Å². The maximum absolute atomic E-state index is 12.8. The van der Waals surface area contributed by atoms with Crippen molar-refractivity contribution < 1.29 is 4.79 Å². The summed E-state index contributed by atoms with van der Waals surface area (Å²) >= 11 is 0. The Labute approximate surface area is 132 Å². The van der Waals surface area contributed by atoms with Crippen molar-refractivity contribution in [3.8, 4) is 0 Å². The lowest BCUT2D eigenvalue weighted by atomic mass is 9.91. The summed E-state index contributed by atoms with van der Waals surface area (Å²) < 4.78 is 1.96. The molecule has 0 aromatic carbocycles. The molecule has 6 heteroatoms. The van der Waals surface area contributed by atoms with E-state index in [0.717, 1.165) is 44.7 Å². The molecule has 1 N–H and O–H groups in total. The predicted octanol–water partition coefficient (Wildman–Crippen LogP) is 1.63. The third-order valence-electron chi connectivity index (χ3n) is 4.94. The van der Waals surface area contributed by atoms with Gasteiger partial charge >= 0.3 is 0 Å². The van der Waals surface area contributed by atoms with Crippen LogP contribution in [0.3, 0.4) is 0 Å². The van der Waals surface area contributed by atoms with Gasteiger partial charge in [0.1, 0.15) is 0 Å². The van der Waals surface area contributed by atoms with Crippen molar-refractivity contribution in [2.75, 3.05) is 26.2 Å². The fourth-order valence-corrected chi connectivity index (χ4v) is 3.92. The molecule has 0 spiro atoms. The number of nitrogens with one attached hydrogen (secondary N) is 1. The van der Waals surface area contributed by atoms with Crippen LogP contribution in [0.5, 0.6) is 0 Å². The normalized spacial score (nSPS) is 27.1. The fourth-order valence-electron chi connectivity index (χ4n) is 3.92. The minimum absolute atomic E-state index is 0.0519. The van der Waals surface area contributed by atoms with Gasteiger partial charge in [0.2, 0.25) is 0 Å². The van der Waals surface area contributed by atoms with Crippen molar-refractivity contribution in [1.29, 1.82) is 0 Å². The Bertz CT molecular complexity index is 525. The number of carbonyl (C=O) groups is 1. The van der Waals surface area contributed by atoms with Gasteiger partial charge in [-0.25, -0.2) is 4.68 Å². The van der Waals surface area contributed by atoms with Crippen molar-refractivity contribution in [2.45, 2.75) is 46.1 Å². The molecule has 2 saturated heterocycles. The Kier molecular flexibility index (Phi) is 4.47. The Balaban J connectivity index is 1.77. The van der Waals surface area contributed by atoms with E-state index in [2.05, 4.69) is 29.5 Å². The van der Waals surface area contributed by atoms with Gasteiger partial charge in [0.05, 0.1) is 11.7 Å². The molecule has 22 heavy (non-hydrogen) atoms. The van der Waals surface area contributed by atoms with Crippen molar-refractivity contribution in [1.82, 2.24) is 25.2 Å². The zero-order valence-electron chi connectivity index (χ0n) is 13.9. The number of likely N-dealkylation sites (tertiary alicyclic amines) is 1. The van der Waals surface area contributed by atoms with Crippen LogP contribution >= 0.6 is 0 Å². The van der Waals surface area contributed by atoms with Gasteiger partial charge in [-0.1, -0.05) is 19.1 Å². The van der Waals surface area contributed by atoms with Crippen molar-refractivity contribution in [3.05, 3.63) is 11.4 Å². The molecule has 3 rings (SSSR count). The van der Waals surface area contributed by atoms with E-state index < -0.39 is 0 Å². The predicted molar refractivity (Wildman–Crippen MR) is 84.7 cm³/mol. The molecule has 2 aliphatic rings. The number of piperidine rings is 2. The van der Waals surface area contributed by atoms with E-state index in [-0.39, 0.29) is 5.91 Å². The van der Waals surface area contributed by atoms with Gasteiger partial charge in [-0.05, 0) is 51.1 Å². The van der Waals surface area contributed by atoms with Crippen molar-refractivity contribution >= 4 is 5.91 Å². The quantitative estimate of drug-likeness (QED) is 0.902. The van der Waals surface area contributed by atoms with Gasteiger partial charge in [0, 0.05) is 13.1 Å². The first-order valence-corrected chi connectivity index (χ1v) is 8.48. The minimum Gasteiger partial charge on any atom is -0.337 e. The van der Waals surface area contributed by atoms with Gasteiger partial charge in [-0.15, -0.1) is 5.10 Å². The molecule has 2 fully saturated rings. The lowest BCUT2D eigenvalue weighted by Gasteiger charge is -2.34. The second-order valence-corrected chi connectivity index (χ2v) is 7.11. The number of nitrogens with zero attached hydrogens (tertiary/aromatic N) is 4. The number of carbonyl (C=O) groups excluding carboxylic acids is 1. The summed E-state index contributed by atoms with van der Waals surface area (Å²) in [6.45, 7) is 10.1. The molecule has 2 atom stereocenters. The summed E-state index contributed by atoms with van der Waals surface area (Å²) in [5, 5.41) is 11.9. The van der Waals surface area contributed by atoms with Crippen LogP contribution in [0.15, 0.2) is 0 Å².